The van der Waals surface area contributed by atoms with Gasteiger partial charge in [0.15, 0.2) is 15.5 Å². The van der Waals surface area contributed by atoms with Gasteiger partial charge in [0, 0.05) is 25.3 Å². The van der Waals surface area contributed by atoms with E-state index in [1.807, 2.05) is 38.1 Å². The molecular weight excluding hydrogens is 456 g/mol. The highest BCUT2D eigenvalue weighted by atomic mass is 32.2. The summed E-state index contributed by atoms with van der Waals surface area (Å²) in [7, 11) is -1.51. The maximum absolute atomic E-state index is 13.2. The average Bonchev–Trinajstić information content (AvgIpc) is 3.37. The maximum atomic E-state index is 13.2. The highest BCUT2D eigenvalue weighted by Crippen LogP contribution is 2.32. The molecule has 1 unspecified atom stereocenters. The number of nitrogens with one attached hydrogen (secondary N) is 1. The molecule has 9 nitrogen and oxygen atoms in total. The molecule has 1 atom stereocenters. The second-order valence-corrected chi connectivity index (χ2v) is 10.6. The van der Waals surface area contributed by atoms with E-state index in [4.69, 9.17) is 14.5 Å². The Labute approximate surface area is 199 Å². The molecule has 4 rings (SSSR count). The zero-order valence-electron chi connectivity index (χ0n) is 19.7. The molecule has 1 amide bonds. The number of ether oxygens (including phenoxy) is 2. The van der Waals surface area contributed by atoms with Gasteiger partial charge in [-0.15, -0.1) is 0 Å². The predicted octanol–water partition coefficient (Wildman–Crippen LogP) is 2.93. The van der Waals surface area contributed by atoms with E-state index in [1.54, 1.807) is 17.9 Å². The van der Waals surface area contributed by atoms with Crippen LogP contribution in [0.2, 0.25) is 0 Å². The van der Waals surface area contributed by atoms with Crippen molar-refractivity contribution >= 4 is 26.8 Å². The van der Waals surface area contributed by atoms with E-state index < -0.39 is 9.84 Å². The number of carbonyl (C=O) groups is 1. The third-order valence-electron chi connectivity index (χ3n) is 5.98. The minimum absolute atomic E-state index is 0.0244. The van der Waals surface area contributed by atoms with Gasteiger partial charge in [-0.1, -0.05) is 0 Å². The van der Waals surface area contributed by atoms with Crippen LogP contribution in [0, 0.1) is 6.92 Å². The molecule has 182 valence electrons. The van der Waals surface area contributed by atoms with E-state index in [-0.39, 0.29) is 23.5 Å². The van der Waals surface area contributed by atoms with E-state index >= 15 is 0 Å². The Bertz CT molecular complexity index is 1280. The molecule has 1 aromatic carbocycles. The first-order valence-electron chi connectivity index (χ1n) is 11.4. The van der Waals surface area contributed by atoms with Crippen LogP contribution in [0.3, 0.4) is 0 Å². The van der Waals surface area contributed by atoms with Crippen LogP contribution in [0.5, 0.6) is 5.75 Å². The van der Waals surface area contributed by atoms with Crippen LogP contribution in [-0.2, 0) is 14.6 Å². The Morgan fingerprint density at radius 1 is 1.26 bits per heavy atom. The van der Waals surface area contributed by atoms with Crippen molar-refractivity contribution in [3.8, 4) is 17.0 Å². The summed E-state index contributed by atoms with van der Waals surface area (Å²) in [5.41, 5.74) is 3.06. The van der Waals surface area contributed by atoms with Crippen molar-refractivity contribution in [3.05, 3.63) is 41.6 Å². The Hall–Kier alpha value is -2.98. The lowest BCUT2D eigenvalue weighted by Gasteiger charge is -2.12. The van der Waals surface area contributed by atoms with Gasteiger partial charge in [-0.25, -0.2) is 18.1 Å². The van der Waals surface area contributed by atoms with E-state index in [9.17, 15) is 13.2 Å². The second-order valence-electron chi connectivity index (χ2n) is 8.38. The fourth-order valence-corrected chi connectivity index (χ4v) is 5.93. The van der Waals surface area contributed by atoms with Crippen LogP contribution in [-0.4, -0.2) is 67.5 Å². The van der Waals surface area contributed by atoms with Crippen LogP contribution in [0.1, 0.15) is 41.9 Å². The number of pyridine rings is 1. The zero-order chi connectivity index (χ0) is 24.3. The fourth-order valence-electron chi connectivity index (χ4n) is 4.24. The molecule has 0 bridgehead atoms. The summed E-state index contributed by atoms with van der Waals surface area (Å²) < 4.78 is 36.5. The number of carbonyl (C=O) groups excluding carboxylic acids is 1. The van der Waals surface area contributed by atoms with Crippen LogP contribution < -0.4 is 10.1 Å². The highest BCUT2D eigenvalue weighted by Gasteiger charge is 2.32. The summed E-state index contributed by atoms with van der Waals surface area (Å²) in [6.07, 6.45) is 1.18. The first-order chi connectivity index (χ1) is 16.3. The quantitative estimate of drug-likeness (QED) is 0.463. The smallest absolute Gasteiger partial charge is 0.252 e. The van der Waals surface area contributed by atoms with E-state index in [0.717, 1.165) is 5.56 Å². The number of sulfone groups is 1. The molecule has 0 spiro atoms. The first kappa shape index (κ1) is 24.2. The Kier molecular flexibility index (Phi) is 7.18. The summed E-state index contributed by atoms with van der Waals surface area (Å²) in [5, 5.41) is 8.24. The SMILES string of the molecule is CCOCCCNC(=O)c1cc(-c2ccc(OC)cc2)nc2c1c(C)nn2C1CCS(=O)(=O)C1. The van der Waals surface area contributed by atoms with Gasteiger partial charge in [0.25, 0.3) is 5.91 Å². The zero-order valence-corrected chi connectivity index (χ0v) is 20.5. The monoisotopic (exact) mass is 486 g/mol. The summed E-state index contributed by atoms with van der Waals surface area (Å²) in [6.45, 7) is 5.45. The van der Waals surface area contributed by atoms with Gasteiger partial charge in [-0.3, -0.25) is 4.79 Å². The van der Waals surface area contributed by atoms with Crippen LogP contribution in [0.15, 0.2) is 30.3 Å². The van der Waals surface area contributed by atoms with E-state index in [1.165, 1.54) is 0 Å². The number of fused-ring (bicyclic) bond motifs is 1. The molecule has 1 N–H and O–H groups in total. The van der Waals surface area contributed by atoms with Crippen LogP contribution in [0.4, 0.5) is 0 Å². The molecule has 1 aliphatic rings. The standard InChI is InChI=1S/C24H30N4O5S/c1-4-33-12-5-11-25-24(29)20-14-21(17-6-8-19(32-3)9-7-17)26-23-22(20)16(2)27-28(23)18-10-13-34(30,31)15-18/h6-9,14,18H,4-5,10-13,15H2,1-3H3,(H,25,29). The van der Waals surface area contributed by atoms with Gasteiger partial charge in [-0.05, 0) is 57.0 Å². The van der Waals surface area contributed by atoms with Crippen molar-refractivity contribution in [2.24, 2.45) is 0 Å². The van der Waals surface area contributed by atoms with Gasteiger partial charge < -0.3 is 14.8 Å². The third kappa shape index (κ3) is 5.07. The Balaban J connectivity index is 1.77. The number of amides is 1. The van der Waals surface area contributed by atoms with Crippen molar-refractivity contribution in [3.63, 3.8) is 0 Å². The van der Waals surface area contributed by atoms with Crippen LogP contribution >= 0.6 is 0 Å². The lowest BCUT2D eigenvalue weighted by atomic mass is 10.0. The molecule has 0 aliphatic carbocycles. The molecule has 0 saturated carbocycles. The Morgan fingerprint density at radius 3 is 2.68 bits per heavy atom. The number of rotatable bonds is 9. The molecule has 10 heteroatoms. The number of hydrogen-bond donors (Lipinski definition) is 1. The largest absolute Gasteiger partial charge is 0.497 e. The lowest BCUT2D eigenvalue weighted by Crippen LogP contribution is -2.25. The van der Waals surface area contributed by atoms with Crippen molar-refractivity contribution in [1.82, 2.24) is 20.1 Å². The van der Waals surface area contributed by atoms with E-state index in [0.29, 0.717) is 66.3 Å². The Morgan fingerprint density at radius 2 is 2.03 bits per heavy atom. The minimum atomic E-state index is -3.11. The molecule has 1 aliphatic heterocycles. The topological polar surface area (TPSA) is 112 Å². The number of benzene rings is 1. The number of nitrogens with zero attached hydrogens (tertiary/aromatic N) is 3. The molecule has 1 saturated heterocycles. The number of hydrogen-bond acceptors (Lipinski definition) is 7. The summed E-state index contributed by atoms with van der Waals surface area (Å²) >= 11 is 0. The number of aromatic nitrogens is 3. The van der Waals surface area contributed by atoms with Gasteiger partial charge in [-0.2, -0.15) is 5.10 Å². The summed E-state index contributed by atoms with van der Waals surface area (Å²) in [6, 6.07) is 8.89. The minimum Gasteiger partial charge on any atom is -0.497 e. The molecule has 3 heterocycles. The summed E-state index contributed by atoms with van der Waals surface area (Å²) in [5.74, 6) is 0.648. The first-order valence-corrected chi connectivity index (χ1v) is 13.3. The van der Waals surface area contributed by atoms with Gasteiger partial charge in [0.2, 0.25) is 0 Å². The van der Waals surface area contributed by atoms with Crippen molar-refractivity contribution in [1.29, 1.82) is 0 Å². The fraction of sp³-hybridized carbons (Fsp3) is 0.458. The lowest BCUT2D eigenvalue weighted by molar-refractivity contribution is 0.0945. The number of methoxy groups -OCH3 is 1. The average molecular weight is 487 g/mol. The maximum Gasteiger partial charge on any atom is 0.252 e. The van der Waals surface area contributed by atoms with Gasteiger partial charge >= 0.3 is 0 Å². The molecule has 34 heavy (non-hydrogen) atoms. The van der Waals surface area contributed by atoms with Crippen molar-refractivity contribution in [2.75, 3.05) is 38.4 Å². The number of aryl methyl sites for hydroxylation is 1. The molecule has 1 fully saturated rings. The molecule has 2 aromatic heterocycles. The molecule has 0 radical (unpaired) electrons. The van der Waals surface area contributed by atoms with Gasteiger partial charge in [0.05, 0.1) is 47.0 Å². The van der Waals surface area contributed by atoms with E-state index in [2.05, 4.69) is 10.4 Å². The second kappa shape index (κ2) is 10.1. The molecule has 3 aromatic rings. The molecular formula is C24H30N4O5S. The highest BCUT2D eigenvalue weighted by molar-refractivity contribution is 7.91. The van der Waals surface area contributed by atoms with Crippen molar-refractivity contribution in [2.45, 2.75) is 32.7 Å². The predicted molar refractivity (Wildman–Crippen MR) is 130 cm³/mol. The summed E-state index contributed by atoms with van der Waals surface area (Å²) in [4.78, 5) is 18.1. The normalized spacial score (nSPS) is 17.2. The third-order valence-corrected chi connectivity index (χ3v) is 7.73. The van der Waals surface area contributed by atoms with Gasteiger partial charge in [0.1, 0.15) is 5.75 Å². The van der Waals surface area contributed by atoms with Crippen molar-refractivity contribution < 1.29 is 22.7 Å². The van der Waals surface area contributed by atoms with Crippen LogP contribution in [0.25, 0.3) is 22.3 Å².